The summed E-state index contributed by atoms with van der Waals surface area (Å²) in [5, 5.41) is 7.16. The molecule has 0 bridgehead atoms. The minimum atomic E-state index is -0.130. The van der Waals surface area contributed by atoms with Crippen LogP contribution in [0.5, 0.6) is 0 Å². The van der Waals surface area contributed by atoms with Gasteiger partial charge >= 0.3 is 0 Å². The Morgan fingerprint density at radius 2 is 2.04 bits per heavy atom. The molecular formula is C19H17ClN4O2S. The SMILES string of the molecule is CC(C)Cc1noc(Cn2cnc3scc(-c4ccc(Cl)cc4)c3c2=O)n1. The van der Waals surface area contributed by atoms with Crippen LogP contribution >= 0.6 is 22.9 Å². The van der Waals surface area contributed by atoms with Crippen molar-refractivity contribution in [3.8, 4) is 11.1 Å². The smallest absolute Gasteiger partial charge is 0.263 e. The van der Waals surface area contributed by atoms with Gasteiger partial charge in [0.1, 0.15) is 11.4 Å². The number of fused-ring (bicyclic) bond motifs is 1. The normalized spacial score (nSPS) is 11.6. The zero-order chi connectivity index (χ0) is 19.0. The second kappa shape index (κ2) is 7.25. The van der Waals surface area contributed by atoms with Crippen molar-refractivity contribution in [3.63, 3.8) is 0 Å². The minimum Gasteiger partial charge on any atom is -0.337 e. The van der Waals surface area contributed by atoms with E-state index >= 15 is 0 Å². The van der Waals surface area contributed by atoms with Crippen molar-refractivity contribution in [2.45, 2.75) is 26.8 Å². The lowest BCUT2D eigenvalue weighted by atomic mass is 10.1. The summed E-state index contributed by atoms with van der Waals surface area (Å²) in [6.45, 7) is 4.38. The maximum Gasteiger partial charge on any atom is 0.263 e. The molecule has 0 saturated heterocycles. The van der Waals surface area contributed by atoms with Crippen LogP contribution in [0.25, 0.3) is 21.3 Å². The van der Waals surface area contributed by atoms with E-state index in [0.29, 0.717) is 32.9 Å². The van der Waals surface area contributed by atoms with Crippen molar-refractivity contribution in [1.29, 1.82) is 0 Å². The van der Waals surface area contributed by atoms with Crippen molar-refractivity contribution in [1.82, 2.24) is 19.7 Å². The fraction of sp³-hybridized carbons (Fsp3) is 0.263. The average molecular weight is 401 g/mol. The van der Waals surface area contributed by atoms with Gasteiger partial charge in [-0.3, -0.25) is 9.36 Å². The lowest BCUT2D eigenvalue weighted by Crippen LogP contribution is -2.21. The van der Waals surface area contributed by atoms with Gasteiger partial charge in [-0.2, -0.15) is 4.98 Å². The van der Waals surface area contributed by atoms with Gasteiger partial charge in [-0.1, -0.05) is 42.7 Å². The summed E-state index contributed by atoms with van der Waals surface area (Å²) in [6.07, 6.45) is 2.26. The number of aromatic nitrogens is 4. The van der Waals surface area contributed by atoms with Gasteiger partial charge in [-0.15, -0.1) is 11.3 Å². The van der Waals surface area contributed by atoms with E-state index in [2.05, 4.69) is 29.0 Å². The van der Waals surface area contributed by atoms with Crippen LogP contribution in [0.15, 0.2) is 45.3 Å². The van der Waals surface area contributed by atoms with Crippen LogP contribution in [0.4, 0.5) is 0 Å². The maximum atomic E-state index is 13.1. The van der Waals surface area contributed by atoms with E-state index in [1.807, 2.05) is 29.6 Å². The predicted octanol–water partition coefficient (Wildman–Crippen LogP) is 4.41. The van der Waals surface area contributed by atoms with E-state index in [0.717, 1.165) is 17.5 Å². The van der Waals surface area contributed by atoms with Crippen molar-refractivity contribution >= 4 is 33.2 Å². The summed E-state index contributed by atoms with van der Waals surface area (Å²) < 4.78 is 6.79. The first-order chi connectivity index (χ1) is 13.0. The molecule has 4 rings (SSSR count). The number of benzene rings is 1. The van der Waals surface area contributed by atoms with Crippen molar-refractivity contribution in [3.05, 3.63) is 63.1 Å². The molecule has 0 amide bonds. The Morgan fingerprint density at radius 1 is 1.26 bits per heavy atom. The first kappa shape index (κ1) is 17.9. The molecule has 3 aromatic heterocycles. The van der Waals surface area contributed by atoms with Gasteiger partial charge in [0.25, 0.3) is 5.56 Å². The van der Waals surface area contributed by atoms with Crippen LogP contribution in [0.1, 0.15) is 25.6 Å². The molecule has 0 saturated carbocycles. The molecule has 8 heteroatoms. The van der Waals surface area contributed by atoms with Gasteiger partial charge in [-0.25, -0.2) is 4.98 Å². The highest BCUT2D eigenvalue weighted by Gasteiger charge is 2.15. The second-order valence-electron chi connectivity index (χ2n) is 6.72. The minimum absolute atomic E-state index is 0.130. The Balaban J connectivity index is 1.71. The predicted molar refractivity (Wildman–Crippen MR) is 106 cm³/mol. The average Bonchev–Trinajstić information content (AvgIpc) is 3.25. The Hall–Kier alpha value is -2.51. The van der Waals surface area contributed by atoms with Crippen LogP contribution in [0.2, 0.25) is 5.02 Å². The summed E-state index contributed by atoms with van der Waals surface area (Å²) in [7, 11) is 0. The topological polar surface area (TPSA) is 73.8 Å². The van der Waals surface area contributed by atoms with E-state index in [1.165, 1.54) is 22.2 Å². The molecular weight excluding hydrogens is 384 g/mol. The van der Waals surface area contributed by atoms with Crippen molar-refractivity contribution < 1.29 is 4.52 Å². The quantitative estimate of drug-likeness (QED) is 0.496. The number of rotatable bonds is 5. The third-order valence-electron chi connectivity index (χ3n) is 4.12. The van der Waals surface area contributed by atoms with Crippen molar-refractivity contribution in [2.75, 3.05) is 0 Å². The summed E-state index contributed by atoms with van der Waals surface area (Å²) in [5.41, 5.74) is 1.65. The Labute approximate surface area is 164 Å². The Kier molecular flexibility index (Phi) is 4.80. The van der Waals surface area contributed by atoms with Crippen LogP contribution in [0, 0.1) is 5.92 Å². The van der Waals surface area contributed by atoms with E-state index in [4.69, 9.17) is 16.1 Å². The largest absolute Gasteiger partial charge is 0.337 e. The van der Waals surface area contributed by atoms with Gasteiger partial charge < -0.3 is 4.52 Å². The highest BCUT2D eigenvalue weighted by atomic mass is 35.5. The number of hydrogen-bond acceptors (Lipinski definition) is 6. The molecule has 27 heavy (non-hydrogen) atoms. The summed E-state index contributed by atoms with van der Waals surface area (Å²) in [6, 6.07) is 7.42. The van der Waals surface area contributed by atoms with Gasteiger partial charge in [-0.05, 0) is 23.6 Å². The molecule has 0 fully saturated rings. The molecule has 138 valence electrons. The second-order valence-corrected chi connectivity index (χ2v) is 8.01. The molecule has 6 nitrogen and oxygen atoms in total. The molecule has 1 aromatic carbocycles. The number of hydrogen-bond donors (Lipinski definition) is 0. The molecule has 3 heterocycles. The maximum absolute atomic E-state index is 13.1. The van der Waals surface area contributed by atoms with E-state index in [9.17, 15) is 4.79 Å². The molecule has 0 aliphatic heterocycles. The first-order valence-corrected chi connectivity index (χ1v) is 9.81. The summed E-state index contributed by atoms with van der Waals surface area (Å²) >= 11 is 7.42. The molecule has 0 radical (unpaired) electrons. The molecule has 0 spiro atoms. The van der Waals surface area contributed by atoms with Gasteiger partial charge in [0.2, 0.25) is 5.89 Å². The fourth-order valence-electron chi connectivity index (χ4n) is 2.87. The van der Waals surface area contributed by atoms with Crippen LogP contribution in [0.3, 0.4) is 0 Å². The molecule has 4 aromatic rings. The highest BCUT2D eigenvalue weighted by molar-refractivity contribution is 7.17. The van der Waals surface area contributed by atoms with Gasteiger partial charge in [0, 0.05) is 22.4 Å². The van der Waals surface area contributed by atoms with Crippen molar-refractivity contribution in [2.24, 2.45) is 5.92 Å². The molecule has 0 N–H and O–H groups in total. The Morgan fingerprint density at radius 3 is 2.78 bits per heavy atom. The Bertz CT molecular complexity index is 1140. The fourth-order valence-corrected chi connectivity index (χ4v) is 3.90. The lowest BCUT2D eigenvalue weighted by molar-refractivity contribution is 0.362. The standard InChI is InChI=1S/C19H17ClN4O2S/c1-11(2)7-15-22-16(26-23-15)8-24-10-21-18-17(19(24)25)14(9-27-18)12-3-5-13(20)6-4-12/h3-6,9-11H,7-8H2,1-2H3. The van der Waals surface area contributed by atoms with Gasteiger partial charge in [0.05, 0.1) is 11.7 Å². The van der Waals surface area contributed by atoms with Crippen LogP contribution in [-0.4, -0.2) is 19.7 Å². The molecule has 0 aliphatic rings. The summed E-state index contributed by atoms with van der Waals surface area (Å²) in [5.74, 6) is 1.49. The zero-order valence-corrected chi connectivity index (χ0v) is 16.4. The number of halogens is 1. The van der Waals surface area contributed by atoms with E-state index in [-0.39, 0.29) is 12.1 Å². The third kappa shape index (κ3) is 3.65. The molecule has 0 aliphatic carbocycles. The van der Waals surface area contributed by atoms with Crippen LogP contribution < -0.4 is 5.56 Å². The lowest BCUT2D eigenvalue weighted by Gasteiger charge is -2.04. The number of thiophene rings is 1. The first-order valence-electron chi connectivity index (χ1n) is 8.55. The number of nitrogens with zero attached hydrogens (tertiary/aromatic N) is 4. The molecule has 0 unspecified atom stereocenters. The molecule has 0 atom stereocenters. The van der Waals surface area contributed by atoms with Crippen LogP contribution in [-0.2, 0) is 13.0 Å². The van der Waals surface area contributed by atoms with Gasteiger partial charge in [0.15, 0.2) is 5.82 Å². The monoisotopic (exact) mass is 400 g/mol. The highest BCUT2D eigenvalue weighted by Crippen LogP contribution is 2.31. The summed E-state index contributed by atoms with van der Waals surface area (Å²) in [4.78, 5) is 22.5. The zero-order valence-electron chi connectivity index (χ0n) is 14.8. The van der Waals surface area contributed by atoms with E-state index < -0.39 is 0 Å². The third-order valence-corrected chi connectivity index (χ3v) is 5.26. The van der Waals surface area contributed by atoms with E-state index in [1.54, 1.807) is 0 Å².